The first-order valence-electron chi connectivity index (χ1n) is 5.50. The molecule has 16 heavy (non-hydrogen) atoms. The summed E-state index contributed by atoms with van der Waals surface area (Å²) in [5, 5.41) is 3.20. The molecule has 1 aliphatic rings. The van der Waals surface area contributed by atoms with E-state index in [9.17, 15) is 12.6 Å². The van der Waals surface area contributed by atoms with Gasteiger partial charge in [-0.3, -0.25) is 4.21 Å². The predicted molar refractivity (Wildman–Crippen MR) is 66.4 cm³/mol. The van der Waals surface area contributed by atoms with Crippen molar-refractivity contribution in [1.82, 2.24) is 10.0 Å². The maximum Gasteiger partial charge on any atom is 0.213 e. The first kappa shape index (κ1) is 14.1. The van der Waals surface area contributed by atoms with Gasteiger partial charge in [-0.05, 0) is 19.4 Å². The Morgan fingerprint density at radius 1 is 1.44 bits per heavy atom. The van der Waals surface area contributed by atoms with E-state index in [4.69, 9.17) is 0 Å². The minimum Gasteiger partial charge on any atom is -0.313 e. The molecular weight excluding hydrogens is 248 g/mol. The van der Waals surface area contributed by atoms with E-state index in [1.165, 1.54) is 0 Å². The van der Waals surface area contributed by atoms with Crippen LogP contribution in [0.15, 0.2) is 0 Å². The van der Waals surface area contributed by atoms with Crippen LogP contribution in [0.4, 0.5) is 0 Å². The molecule has 0 aromatic rings. The minimum atomic E-state index is -3.22. The Kier molecular flexibility index (Phi) is 5.88. The quantitative estimate of drug-likeness (QED) is 0.676. The van der Waals surface area contributed by atoms with Crippen molar-refractivity contribution in [2.45, 2.75) is 25.3 Å². The van der Waals surface area contributed by atoms with Gasteiger partial charge in [0.1, 0.15) is 0 Å². The van der Waals surface area contributed by atoms with Crippen LogP contribution < -0.4 is 10.0 Å². The summed E-state index contributed by atoms with van der Waals surface area (Å²) in [6.07, 6.45) is 4.70. The highest BCUT2D eigenvalue weighted by molar-refractivity contribution is 7.89. The van der Waals surface area contributed by atoms with Gasteiger partial charge in [0.25, 0.3) is 0 Å². The smallest absolute Gasteiger partial charge is 0.213 e. The molecule has 0 bridgehead atoms. The van der Waals surface area contributed by atoms with Gasteiger partial charge >= 0.3 is 0 Å². The summed E-state index contributed by atoms with van der Waals surface area (Å²) >= 11 is 0. The maximum atomic E-state index is 11.6. The highest BCUT2D eigenvalue weighted by Gasteiger charge is 2.20. The molecule has 5 nitrogen and oxygen atoms in total. The molecule has 2 N–H and O–H groups in total. The molecule has 0 aromatic heterocycles. The maximum absolute atomic E-state index is 11.6. The normalized spacial score (nSPS) is 24.2. The first-order valence-corrected chi connectivity index (χ1v) is 8.88. The Hall–Kier alpha value is 0.0200. The van der Waals surface area contributed by atoms with Gasteiger partial charge in [0, 0.05) is 35.4 Å². The molecule has 2 atom stereocenters. The molecule has 1 fully saturated rings. The van der Waals surface area contributed by atoms with Crippen molar-refractivity contribution in [2.75, 3.05) is 30.9 Å². The van der Waals surface area contributed by atoms with Gasteiger partial charge in [0.2, 0.25) is 10.0 Å². The van der Waals surface area contributed by atoms with Gasteiger partial charge < -0.3 is 5.32 Å². The van der Waals surface area contributed by atoms with Crippen molar-refractivity contribution < 1.29 is 12.6 Å². The zero-order valence-corrected chi connectivity index (χ0v) is 11.2. The molecular formula is C9H20N2O3S2. The zero-order chi connectivity index (χ0) is 12.0. The molecule has 0 aromatic carbocycles. The van der Waals surface area contributed by atoms with Crippen LogP contribution in [0, 0.1) is 0 Å². The van der Waals surface area contributed by atoms with E-state index >= 15 is 0 Å². The summed E-state index contributed by atoms with van der Waals surface area (Å²) in [6.45, 7) is 1.16. The molecule has 0 saturated carbocycles. The Bertz CT molecular complexity index is 324. The molecule has 0 spiro atoms. The molecule has 0 amide bonds. The summed E-state index contributed by atoms with van der Waals surface area (Å²) in [7, 11) is -4.17. The molecule has 1 heterocycles. The van der Waals surface area contributed by atoms with E-state index in [2.05, 4.69) is 10.0 Å². The second kappa shape index (κ2) is 6.68. The van der Waals surface area contributed by atoms with Crippen molar-refractivity contribution in [3.8, 4) is 0 Å². The number of hydrogen-bond acceptors (Lipinski definition) is 4. The summed E-state index contributed by atoms with van der Waals surface area (Å²) in [5.74, 6) is 0.501. The SMILES string of the molecule is CS(=O)CCNS(=O)(=O)CC1CCCCN1. The summed E-state index contributed by atoms with van der Waals surface area (Å²) in [6, 6.07) is 0.0679. The number of sulfonamides is 1. The number of nitrogens with one attached hydrogen (secondary N) is 2. The number of rotatable bonds is 6. The summed E-state index contributed by atoms with van der Waals surface area (Å²) < 4.78 is 36.5. The van der Waals surface area contributed by atoms with Gasteiger partial charge in [0.05, 0.1) is 5.75 Å². The number of piperidine rings is 1. The third kappa shape index (κ3) is 5.93. The van der Waals surface area contributed by atoms with Crippen molar-refractivity contribution in [3.63, 3.8) is 0 Å². The van der Waals surface area contributed by atoms with Crippen LogP contribution in [0.5, 0.6) is 0 Å². The molecule has 1 saturated heterocycles. The average Bonchev–Trinajstić information content (AvgIpc) is 2.17. The predicted octanol–water partition coefficient (Wildman–Crippen LogP) is -0.574. The fourth-order valence-corrected chi connectivity index (χ4v) is 3.59. The Morgan fingerprint density at radius 3 is 2.75 bits per heavy atom. The number of hydrogen-bond donors (Lipinski definition) is 2. The highest BCUT2D eigenvalue weighted by atomic mass is 32.2. The molecule has 1 aliphatic heterocycles. The molecule has 96 valence electrons. The monoisotopic (exact) mass is 268 g/mol. The van der Waals surface area contributed by atoms with E-state index in [1.54, 1.807) is 6.26 Å². The minimum absolute atomic E-state index is 0.0679. The van der Waals surface area contributed by atoms with Crippen LogP contribution in [-0.2, 0) is 20.8 Å². The van der Waals surface area contributed by atoms with E-state index in [0.29, 0.717) is 5.75 Å². The van der Waals surface area contributed by atoms with Gasteiger partial charge in [-0.25, -0.2) is 13.1 Å². The lowest BCUT2D eigenvalue weighted by Gasteiger charge is -2.23. The van der Waals surface area contributed by atoms with Crippen LogP contribution in [-0.4, -0.2) is 49.5 Å². The standard InChI is InChI=1S/C9H20N2O3S2/c1-15(12)7-6-11-16(13,14)8-9-4-2-3-5-10-9/h9-11H,2-8H2,1H3. The molecule has 7 heteroatoms. The van der Waals surface area contributed by atoms with Crippen molar-refractivity contribution in [3.05, 3.63) is 0 Å². The van der Waals surface area contributed by atoms with Crippen LogP contribution >= 0.6 is 0 Å². The van der Waals surface area contributed by atoms with Crippen LogP contribution in [0.25, 0.3) is 0 Å². The third-order valence-electron chi connectivity index (χ3n) is 2.54. The molecule has 0 radical (unpaired) electrons. The fraction of sp³-hybridized carbons (Fsp3) is 1.00. The van der Waals surface area contributed by atoms with E-state index in [-0.39, 0.29) is 18.3 Å². The Balaban J connectivity index is 2.29. The lowest BCUT2D eigenvalue weighted by molar-refractivity contribution is 0.422. The second-order valence-electron chi connectivity index (χ2n) is 4.10. The van der Waals surface area contributed by atoms with Gasteiger partial charge in [0.15, 0.2) is 0 Å². The van der Waals surface area contributed by atoms with Crippen LogP contribution in [0.3, 0.4) is 0 Å². The third-order valence-corrected chi connectivity index (χ3v) is 4.81. The van der Waals surface area contributed by atoms with Gasteiger partial charge in [-0.2, -0.15) is 0 Å². The zero-order valence-electron chi connectivity index (χ0n) is 9.57. The first-order chi connectivity index (χ1) is 7.49. The second-order valence-corrected chi connectivity index (χ2v) is 7.51. The van der Waals surface area contributed by atoms with Gasteiger partial charge in [-0.15, -0.1) is 0 Å². The topological polar surface area (TPSA) is 75.3 Å². The summed E-state index contributed by atoms with van der Waals surface area (Å²) in [5.41, 5.74) is 0. The summed E-state index contributed by atoms with van der Waals surface area (Å²) in [4.78, 5) is 0. The highest BCUT2D eigenvalue weighted by Crippen LogP contribution is 2.08. The largest absolute Gasteiger partial charge is 0.313 e. The van der Waals surface area contributed by atoms with Crippen LogP contribution in [0.1, 0.15) is 19.3 Å². The molecule has 1 rings (SSSR count). The lowest BCUT2D eigenvalue weighted by Crippen LogP contribution is -2.43. The van der Waals surface area contributed by atoms with Crippen LogP contribution in [0.2, 0.25) is 0 Å². The van der Waals surface area contributed by atoms with E-state index in [1.807, 2.05) is 0 Å². The lowest BCUT2D eigenvalue weighted by atomic mass is 10.1. The molecule has 2 unspecified atom stereocenters. The van der Waals surface area contributed by atoms with E-state index < -0.39 is 20.8 Å². The van der Waals surface area contributed by atoms with Crippen molar-refractivity contribution >= 4 is 20.8 Å². The van der Waals surface area contributed by atoms with Crippen molar-refractivity contribution in [2.24, 2.45) is 0 Å². The van der Waals surface area contributed by atoms with E-state index in [0.717, 1.165) is 25.8 Å². The average molecular weight is 268 g/mol. The van der Waals surface area contributed by atoms with Crippen molar-refractivity contribution in [1.29, 1.82) is 0 Å². The Labute approximate surface area is 99.9 Å². The fourth-order valence-electron chi connectivity index (χ4n) is 1.73. The molecule has 0 aliphatic carbocycles. The Morgan fingerprint density at radius 2 is 2.19 bits per heavy atom. The van der Waals surface area contributed by atoms with Gasteiger partial charge in [-0.1, -0.05) is 6.42 Å².